The van der Waals surface area contributed by atoms with Crippen molar-refractivity contribution in [2.24, 2.45) is 5.92 Å². The number of aryl methyl sites for hydroxylation is 1. The lowest BCUT2D eigenvalue weighted by molar-refractivity contribution is -0.119. The molecule has 5 heteroatoms. The number of rotatable bonds is 6. The molecule has 2 heterocycles. The number of benzene rings is 1. The number of nitrogens with zero attached hydrogens (tertiary/aromatic N) is 3. The van der Waals surface area contributed by atoms with Gasteiger partial charge >= 0.3 is 0 Å². The van der Waals surface area contributed by atoms with Crippen molar-refractivity contribution in [2.45, 2.75) is 53.6 Å². The van der Waals surface area contributed by atoms with Gasteiger partial charge in [-0.25, -0.2) is 0 Å². The van der Waals surface area contributed by atoms with Gasteiger partial charge in [0.25, 0.3) is 0 Å². The van der Waals surface area contributed by atoms with Crippen LogP contribution in [0.5, 0.6) is 0 Å². The van der Waals surface area contributed by atoms with Crippen LogP contribution in [0.15, 0.2) is 24.3 Å². The molecule has 1 amide bonds. The van der Waals surface area contributed by atoms with Crippen LogP contribution in [-0.2, 0) is 17.9 Å². The Hall–Kier alpha value is -2.14. The second-order valence-electron chi connectivity index (χ2n) is 7.55. The Morgan fingerprint density at radius 2 is 1.96 bits per heavy atom. The third kappa shape index (κ3) is 4.33. The fourth-order valence-corrected chi connectivity index (χ4v) is 3.52. The van der Waals surface area contributed by atoms with Crippen LogP contribution in [0.1, 0.15) is 42.3 Å². The zero-order valence-electron chi connectivity index (χ0n) is 16.4. The number of anilines is 1. The molecule has 140 valence electrons. The molecular weight excluding hydrogens is 324 g/mol. The summed E-state index contributed by atoms with van der Waals surface area (Å²) in [4.78, 5) is 15.1. The van der Waals surface area contributed by atoms with Crippen molar-refractivity contribution in [3.8, 4) is 0 Å². The molecular formula is C21H30N4O. The molecule has 1 aromatic heterocycles. The number of amides is 1. The summed E-state index contributed by atoms with van der Waals surface area (Å²) in [5.41, 5.74) is 5.50. The van der Waals surface area contributed by atoms with Gasteiger partial charge in [0.05, 0.1) is 18.2 Å². The fraction of sp³-hybridized carbons (Fsp3) is 0.524. The Bertz CT molecular complexity index is 774. The standard InChI is InChI=1S/C21H30N4O/c1-15(13-25-18(4)16(2)17(3)23-25)21(26)22-20-9-7-8-19(12-20)14-24-10-5-6-11-24/h7-9,12,15H,5-6,10-11,13-14H2,1-4H3,(H,22,26)/t15-/m1/s1. The van der Waals surface area contributed by atoms with Gasteiger partial charge in [0.15, 0.2) is 0 Å². The maximum Gasteiger partial charge on any atom is 0.229 e. The minimum atomic E-state index is -0.144. The molecule has 0 saturated carbocycles. The third-order valence-corrected chi connectivity index (χ3v) is 5.44. The maximum absolute atomic E-state index is 12.6. The van der Waals surface area contributed by atoms with Crippen LogP contribution in [0.3, 0.4) is 0 Å². The Morgan fingerprint density at radius 1 is 1.23 bits per heavy atom. The fourth-order valence-electron chi connectivity index (χ4n) is 3.52. The van der Waals surface area contributed by atoms with Crippen molar-refractivity contribution >= 4 is 11.6 Å². The monoisotopic (exact) mass is 354 g/mol. The molecule has 1 fully saturated rings. The van der Waals surface area contributed by atoms with Gasteiger partial charge in [-0.05, 0) is 70.0 Å². The molecule has 1 aliphatic heterocycles. The van der Waals surface area contributed by atoms with Crippen molar-refractivity contribution < 1.29 is 4.79 Å². The van der Waals surface area contributed by atoms with Crippen molar-refractivity contribution in [3.05, 3.63) is 46.8 Å². The van der Waals surface area contributed by atoms with E-state index in [4.69, 9.17) is 0 Å². The number of hydrogen-bond donors (Lipinski definition) is 1. The molecule has 1 N–H and O–H groups in total. The molecule has 1 aliphatic rings. The highest BCUT2D eigenvalue weighted by Gasteiger charge is 2.17. The highest BCUT2D eigenvalue weighted by Crippen LogP contribution is 2.18. The molecule has 1 aromatic carbocycles. The van der Waals surface area contributed by atoms with E-state index in [-0.39, 0.29) is 11.8 Å². The lowest BCUT2D eigenvalue weighted by Crippen LogP contribution is -2.25. The van der Waals surface area contributed by atoms with Crippen LogP contribution < -0.4 is 5.32 Å². The molecule has 5 nitrogen and oxygen atoms in total. The van der Waals surface area contributed by atoms with Gasteiger partial charge in [-0.3, -0.25) is 14.4 Å². The highest BCUT2D eigenvalue weighted by molar-refractivity contribution is 5.92. The van der Waals surface area contributed by atoms with Crippen molar-refractivity contribution in [2.75, 3.05) is 18.4 Å². The van der Waals surface area contributed by atoms with Gasteiger partial charge in [0.1, 0.15) is 0 Å². The molecule has 26 heavy (non-hydrogen) atoms. The molecule has 0 radical (unpaired) electrons. The zero-order chi connectivity index (χ0) is 18.7. The summed E-state index contributed by atoms with van der Waals surface area (Å²) in [5, 5.41) is 7.61. The minimum Gasteiger partial charge on any atom is -0.326 e. The van der Waals surface area contributed by atoms with Gasteiger partial charge in [0, 0.05) is 17.9 Å². The Kier molecular flexibility index (Phi) is 5.77. The van der Waals surface area contributed by atoms with E-state index in [1.165, 1.54) is 37.1 Å². The van der Waals surface area contributed by atoms with Crippen molar-refractivity contribution in [3.63, 3.8) is 0 Å². The first-order valence-electron chi connectivity index (χ1n) is 9.57. The molecule has 0 unspecified atom stereocenters. The topological polar surface area (TPSA) is 50.2 Å². The van der Waals surface area contributed by atoms with E-state index in [2.05, 4.69) is 41.3 Å². The van der Waals surface area contributed by atoms with Gasteiger partial charge in [-0.1, -0.05) is 19.1 Å². The van der Waals surface area contributed by atoms with Gasteiger partial charge in [0.2, 0.25) is 5.91 Å². The third-order valence-electron chi connectivity index (χ3n) is 5.44. The summed E-state index contributed by atoms with van der Waals surface area (Å²) < 4.78 is 1.94. The van der Waals surface area contributed by atoms with E-state index in [0.29, 0.717) is 6.54 Å². The average molecular weight is 354 g/mol. The largest absolute Gasteiger partial charge is 0.326 e. The van der Waals surface area contributed by atoms with Crippen LogP contribution in [0.4, 0.5) is 5.69 Å². The van der Waals surface area contributed by atoms with Crippen LogP contribution in [0, 0.1) is 26.7 Å². The van der Waals surface area contributed by atoms with E-state index >= 15 is 0 Å². The summed E-state index contributed by atoms with van der Waals surface area (Å²) in [6.45, 7) is 12.0. The number of carbonyl (C=O) groups excluding carboxylic acids is 1. The quantitative estimate of drug-likeness (QED) is 0.861. The first-order valence-corrected chi connectivity index (χ1v) is 9.57. The van der Waals surface area contributed by atoms with Crippen LogP contribution in [0.25, 0.3) is 0 Å². The van der Waals surface area contributed by atoms with Crippen LogP contribution in [-0.4, -0.2) is 33.7 Å². The summed E-state index contributed by atoms with van der Waals surface area (Å²) in [5.74, 6) is -0.108. The predicted octanol–water partition coefficient (Wildman–Crippen LogP) is 3.68. The van der Waals surface area contributed by atoms with Crippen molar-refractivity contribution in [1.29, 1.82) is 0 Å². The Balaban J connectivity index is 1.60. The van der Waals surface area contributed by atoms with Crippen LogP contribution >= 0.6 is 0 Å². The molecule has 1 saturated heterocycles. The number of nitrogens with one attached hydrogen (secondary N) is 1. The van der Waals surface area contributed by atoms with Gasteiger partial charge in [-0.15, -0.1) is 0 Å². The Morgan fingerprint density at radius 3 is 2.62 bits per heavy atom. The number of aromatic nitrogens is 2. The van der Waals surface area contributed by atoms with E-state index in [0.717, 1.165) is 23.6 Å². The van der Waals surface area contributed by atoms with Gasteiger partial charge in [-0.2, -0.15) is 5.10 Å². The maximum atomic E-state index is 12.6. The highest BCUT2D eigenvalue weighted by atomic mass is 16.1. The second-order valence-corrected chi connectivity index (χ2v) is 7.55. The van der Waals surface area contributed by atoms with Gasteiger partial charge < -0.3 is 5.32 Å². The molecule has 0 aliphatic carbocycles. The molecule has 1 atom stereocenters. The first kappa shape index (κ1) is 18.6. The number of carbonyl (C=O) groups is 1. The number of likely N-dealkylation sites (tertiary alicyclic amines) is 1. The zero-order valence-corrected chi connectivity index (χ0v) is 16.4. The molecule has 3 rings (SSSR count). The second kappa shape index (κ2) is 8.04. The smallest absolute Gasteiger partial charge is 0.229 e. The van der Waals surface area contributed by atoms with E-state index in [1.807, 2.05) is 30.7 Å². The summed E-state index contributed by atoms with van der Waals surface area (Å²) >= 11 is 0. The minimum absolute atomic E-state index is 0.0357. The summed E-state index contributed by atoms with van der Waals surface area (Å²) in [7, 11) is 0. The van der Waals surface area contributed by atoms with E-state index in [9.17, 15) is 4.79 Å². The number of hydrogen-bond acceptors (Lipinski definition) is 3. The van der Waals surface area contributed by atoms with E-state index in [1.54, 1.807) is 0 Å². The SMILES string of the molecule is Cc1nn(C[C@@H](C)C(=O)Nc2cccc(CN3CCCC3)c2)c(C)c1C. The van der Waals surface area contributed by atoms with E-state index < -0.39 is 0 Å². The summed E-state index contributed by atoms with van der Waals surface area (Å²) in [6, 6.07) is 8.22. The normalized spacial score (nSPS) is 16.0. The summed E-state index contributed by atoms with van der Waals surface area (Å²) in [6.07, 6.45) is 2.58. The molecule has 0 bridgehead atoms. The lowest BCUT2D eigenvalue weighted by atomic mass is 10.1. The average Bonchev–Trinajstić information content (AvgIpc) is 3.20. The lowest BCUT2D eigenvalue weighted by Gasteiger charge is -2.16. The molecule has 2 aromatic rings. The van der Waals surface area contributed by atoms with Crippen molar-refractivity contribution in [1.82, 2.24) is 14.7 Å². The first-order chi connectivity index (χ1) is 12.4. The predicted molar refractivity (Wildman–Crippen MR) is 105 cm³/mol. The Labute approximate surface area is 156 Å². The molecule has 0 spiro atoms. The van der Waals surface area contributed by atoms with Crippen LogP contribution in [0.2, 0.25) is 0 Å².